The number of nitriles is 1. The standard InChI is InChI=1S/C25H28N6O4/c1-14(2)34-23-19(12-26)11-20(13-28-23)24-29-22(30-35-24)18-5-4-16-6-8-31(9-7-17(16)10-18)25(33)21(27)15(3)32/h4-5,10-11,13-15,21,32H,6-9,27H2,1-3H3. The van der Waals surface area contributed by atoms with Crippen LogP contribution in [0.25, 0.3) is 22.8 Å². The fourth-order valence-corrected chi connectivity index (χ4v) is 3.93. The summed E-state index contributed by atoms with van der Waals surface area (Å²) in [6.45, 7) is 6.30. The second-order valence-corrected chi connectivity index (χ2v) is 8.85. The second-order valence-electron chi connectivity index (χ2n) is 8.85. The largest absolute Gasteiger partial charge is 0.474 e. The Hall–Kier alpha value is -3.81. The number of aliphatic hydroxyl groups is 1. The Bertz CT molecular complexity index is 1260. The topological polar surface area (TPSA) is 151 Å². The van der Waals surface area contributed by atoms with Crippen LogP contribution in [0.5, 0.6) is 5.88 Å². The van der Waals surface area contributed by atoms with Gasteiger partial charge in [0.1, 0.15) is 17.7 Å². The molecule has 4 rings (SSSR count). The first-order chi connectivity index (χ1) is 16.8. The van der Waals surface area contributed by atoms with E-state index in [0.717, 1.165) is 16.7 Å². The first-order valence-electron chi connectivity index (χ1n) is 11.5. The fourth-order valence-electron chi connectivity index (χ4n) is 3.93. The highest BCUT2D eigenvalue weighted by Gasteiger charge is 2.26. The highest BCUT2D eigenvalue weighted by Crippen LogP contribution is 2.28. The van der Waals surface area contributed by atoms with Gasteiger partial charge in [0, 0.05) is 24.8 Å². The molecule has 10 heteroatoms. The molecule has 0 radical (unpaired) electrons. The van der Waals surface area contributed by atoms with Crippen molar-refractivity contribution in [3.63, 3.8) is 0 Å². The number of nitrogens with zero attached hydrogens (tertiary/aromatic N) is 5. The van der Waals surface area contributed by atoms with Crippen molar-refractivity contribution in [3.8, 4) is 34.8 Å². The molecular weight excluding hydrogens is 448 g/mol. The van der Waals surface area contributed by atoms with Crippen molar-refractivity contribution in [2.24, 2.45) is 5.73 Å². The summed E-state index contributed by atoms with van der Waals surface area (Å²) in [4.78, 5) is 23.0. The van der Waals surface area contributed by atoms with Crippen molar-refractivity contribution < 1.29 is 19.2 Å². The molecule has 2 atom stereocenters. The van der Waals surface area contributed by atoms with Gasteiger partial charge in [-0.2, -0.15) is 10.2 Å². The number of aliphatic hydroxyl groups excluding tert-OH is 1. The van der Waals surface area contributed by atoms with E-state index in [4.69, 9.17) is 15.0 Å². The van der Waals surface area contributed by atoms with Gasteiger partial charge in [0.25, 0.3) is 5.89 Å². The van der Waals surface area contributed by atoms with Crippen LogP contribution in [0.2, 0.25) is 0 Å². The Labute approximate surface area is 203 Å². The minimum atomic E-state index is -0.924. The maximum Gasteiger partial charge on any atom is 0.259 e. The number of ether oxygens (including phenoxy) is 1. The summed E-state index contributed by atoms with van der Waals surface area (Å²) < 4.78 is 11.0. The Morgan fingerprint density at radius 2 is 1.94 bits per heavy atom. The van der Waals surface area contributed by atoms with Crippen molar-refractivity contribution in [1.29, 1.82) is 5.26 Å². The van der Waals surface area contributed by atoms with Gasteiger partial charge in [-0.05, 0) is 56.9 Å². The third-order valence-electron chi connectivity index (χ3n) is 5.88. The van der Waals surface area contributed by atoms with E-state index >= 15 is 0 Å². The smallest absolute Gasteiger partial charge is 0.259 e. The Morgan fingerprint density at radius 3 is 2.63 bits per heavy atom. The second kappa shape index (κ2) is 10.2. The van der Waals surface area contributed by atoms with Crippen LogP contribution in [0.1, 0.15) is 37.5 Å². The third-order valence-corrected chi connectivity index (χ3v) is 5.88. The molecule has 1 amide bonds. The minimum Gasteiger partial charge on any atom is -0.474 e. The van der Waals surface area contributed by atoms with Crippen LogP contribution in [0.3, 0.4) is 0 Å². The SMILES string of the molecule is CC(C)Oc1ncc(-c2nc(-c3ccc4c(c3)CCN(C(=O)C(N)C(C)O)CC4)no2)cc1C#N. The van der Waals surface area contributed by atoms with E-state index in [2.05, 4.69) is 21.2 Å². The molecule has 10 nitrogen and oxygen atoms in total. The minimum absolute atomic E-state index is 0.108. The number of hydrogen-bond acceptors (Lipinski definition) is 9. The number of fused-ring (bicyclic) bond motifs is 1. The Morgan fingerprint density at radius 1 is 1.20 bits per heavy atom. The molecule has 3 aromatic rings. The van der Waals surface area contributed by atoms with E-state index in [1.807, 2.05) is 32.0 Å². The summed E-state index contributed by atoms with van der Waals surface area (Å²) >= 11 is 0. The molecule has 3 heterocycles. The fraction of sp³-hybridized carbons (Fsp3) is 0.400. The Balaban J connectivity index is 1.53. The van der Waals surface area contributed by atoms with Gasteiger partial charge in [-0.3, -0.25) is 4.79 Å². The van der Waals surface area contributed by atoms with Gasteiger partial charge < -0.3 is 25.0 Å². The zero-order valence-corrected chi connectivity index (χ0v) is 19.9. The maximum atomic E-state index is 12.6. The summed E-state index contributed by atoms with van der Waals surface area (Å²) in [6.07, 6.45) is 1.88. The number of benzene rings is 1. The number of carbonyl (C=O) groups excluding carboxylic acids is 1. The van der Waals surface area contributed by atoms with Gasteiger partial charge in [0.05, 0.1) is 17.8 Å². The van der Waals surface area contributed by atoms with Gasteiger partial charge in [-0.1, -0.05) is 17.3 Å². The summed E-state index contributed by atoms with van der Waals surface area (Å²) in [5.74, 6) is 0.681. The molecule has 1 aromatic carbocycles. The van der Waals surface area contributed by atoms with Crippen LogP contribution in [-0.2, 0) is 17.6 Å². The average Bonchev–Trinajstić information content (AvgIpc) is 3.24. The van der Waals surface area contributed by atoms with E-state index in [1.165, 1.54) is 13.1 Å². The van der Waals surface area contributed by atoms with Gasteiger partial charge in [-0.25, -0.2) is 4.98 Å². The zero-order chi connectivity index (χ0) is 25.1. The van der Waals surface area contributed by atoms with E-state index in [1.54, 1.807) is 11.0 Å². The molecule has 0 saturated carbocycles. The number of rotatable bonds is 6. The van der Waals surface area contributed by atoms with Crippen LogP contribution in [0.4, 0.5) is 0 Å². The summed E-state index contributed by atoms with van der Waals surface area (Å²) in [7, 11) is 0. The monoisotopic (exact) mass is 476 g/mol. The number of pyridine rings is 1. The average molecular weight is 477 g/mol. The lowest BCUT2D eigenvalue weighted by atomic mass is 10.00. The van der Waals surface area contributed by atoms with Crippen LogP contribution in [0, 0.1) is 11.3 Å². The van der Waals surface area contributed by atoms with Crippen LogP contribution >= 0.6 is 0 Å². The highest BCUT2D eigenvalue weighted by atomic mass is 16.5. The molecule has 0 fully saturated rings. The molecular formula is C25H28N6O4. The lowest BCUT2D eigenvalue weighted by Gasteiger charge is -2.25. The molecule has 1 aliphatic rings. The van der Waals surface area contributed by atoms with Crippen molar-refractivity contribution in [1.82, 2.24) is 20.0 Å². The van der Waals surface area contributed by atoms with Gasteiger partial charge in [-0.15, -0.1) is 0 Å². The molecule has 2 aromatic heterocycles. The van der Waals surface area contributed by atoms with Crippen molar-refractivity contribution >= 4 is 5.91 Å². The number of carbonyl (C=O) groups is 1. The number of nitrogens with two attached hydrogens (primary N) is 1. The quantitative estimate of drug-likeness (QED) is 0.545. The van der Waals surface area contributed by atoms with Crippen LogP contribution in [-0.4, -0.2) is 62.4 Å². The Kier molecular flexibility index (Phi) is 7.10. The molecule has 2 unspecified atom stereocenters. The van der Waals surface area contributed by atoms with E-state index in [-0.39, 0.29) is 29.3 Å². The zero-order valence-electron chi connectivity index (χ0n) is 19.9. The predicted octanol–water partition coefficient (Wildman–Crippen LogP) is 2.09. The van der Waals surface area contributed by atoms with Crippen LogP contribution < -0.4 is 10.5 Å². The summed E-state index contributed by atoms with van der Waals surface area (Å²) in [6, 6.07) is 8.71. The van der Waals surface area contributed by atoms with Crippen molar-refractivity contribution in [2.75, 3.05) is 13.1 Å². The third kappa shape index (κ3) is 5.31. The lowest BCUT2D eigenvalue weighted by Crippen LogP contribution is -2.49. The normalized spacial score (nSPS) is 15.2. The van der Waals surface area contributed by atoms with Crippen molar-refractivity contribution in [3.05, 3.63) is 47.2 Å². The summed E-state index contributed by atoms with van der Waals surface area (Å²) in [5, 5.41) is 23.2. The molecule has 3 N–H and O–H groups in total. The highest BCUT2D eigenvalue weighted by molar-refractivity contribution is 5.82. The van der Waals surface area contributed by atoms with Gasteiger partial charge >= 0.3 is 0 Å². The molecule has 1 aliphatic heterocycles. The van der Waals surface area contributed by atoms with E-state index < -0.39 is 12.1 Å². The number of hydrogen-bond donors (Lipinski definition) is 2. The molecule has 35 heavy (non-hydrogen) atoms. The summed E-state index contributed by atoms with van der Waals surface area (Å²) in [5.41, 5.74) is 9.68. The lowest BCUT2D eigenvalue weighted by molar-refractivity contribution is -0.134. The molecule has 0 aliphatic carbocycles. The molecule has 0 saturated heterocycles. The first kappa shape index (κ1) is 24.3. The molecule has 182 valence electrons. The van der Waals surface area contributed by atoms with E-state index in [0.29, 0.717) is 37.3 Å². The van der Waals surface area contributed by atoms with Crippen molar-refractivity contribution in [2.45, 2.75) is 51.9 Å². The van der Waals surface area contributed by atoms with Gasteiger partial charge in [0.2, 0.25) is 17.6 Å². The molecule has 0 spiro atoms. The molecule has 0 bridgehead atoms. The van der Waals surface area contributed by atoms with E-state index in [9.17, 15) is 15.2 Å². The number of amides is 1. The first-order valence-corrected chi connectivity index (χ1v) is 11.5. The maximum absolute atomic E-state index is 12.6. The predicted molar refractivity (Wildman–Crippen MR) is 127 cm³/mol. The van der Waals surface area contributed by atoms with Crippen LogP contribution in [0.15, 0.2) is 35.0 Å². The van der Waals surface area contributed by atoms with Gasteiger partial charge in [0.15, 0.2) is 0 Å². The number of aromatic nitrogens is 3.